The second kappa shape index (κ2) is 6.79. The summed E-state index contributed by atoms with van der Waals surface area (Å²) >= 11 is 0. The molecule has 27 heavy (non-hydrogen) atoms. The number of rotatable bonds is 4. The molecule has 2 heterocycles. The predicted molar refractivity (Wildman–Crippen MR) is 107 cm³/mol. The van der Waals surface area contributed by atoms with Gasteiger partial charge in [0.05, 0.1) is 12.0 Å². The van der Waals surface area contributed by atoms with E-state index < -0.39 is 5.41 Å². The molecule has 2 fully saturated rings. The molecule has 0 bridgehead atoms. The standard InChI is InChI=1S/C24H29NO2/c1-23(2,3)16-24-17-25(14-18-10-6-4-7-11-18)21(19-12-8-5-9-13-19)20(24)15-27-22(24)26/h4-13,20-21H,14-17H2,1-3H3/t20-,21-,24+/m1/s1. The highest BCUT2D eigenvalue weighted by Crippen LogP contribution is 2.57. The molecular formula is C24H29NO2. The molecule has 0 saturated carbocycles. The first kappa shape index (κ1) is 18.2. The molecule has 0 aromatic heterocycles. The molecule has 3 atom stereocenters. The summed E-state index contributed by atoms with van der Waals surface area (Å²) in [4.78, 5) is 15.5. The quantitative estimate of drug-likeness (QED) is 0.728. The summed E-state index contributed by atoms with van der Waals surface area (Å²) in [6.45, 7) is 8.82. The molecule has 3 nitrogen and oxygen atoms in total. The average molecular weight is 364 g/mol. The molecule has 2 aromatic carbocycles. The normalized spacial score (nSPS) is 28.2. The number of carbonyl (C=O) groups excluding carboxylic acids is 1. The molecule has 0 aliphatic carbocycles. The number of cyclic esters (lactones) is 1. The van der Waals surface area contributed by atoms with Crippen LogP contribution >= 0.6 is 0 Å². The van der Waals surface area contributed by atoms with Crippen molar-refractivity contribution in [2.24, 2.45) is 16.7 Å². The van der Waals surface area contributed by atoms with Gasteiger partial charge in [0.1, 0.15) is 0 Å². The summed E-state index contributed by atoms with van der Waals surface area (Å²) in [5.74, 6) is 0.203. The van der Waals surface area contributed by atoms with E-state index in [1.807, 2.05) is 0 Å². The van der Waals surface area contributed by atoms with E-state index in [1.165, 1.54) is 11.1 Å². The van der Waals surface area contributed by atoms with E-state index in [2.05, 4.69) is 86.3 Å². The van der Waals surface area contributed by atoms with Crippen LogP contribution in [0.4, 0.5) is 0 Å². The SMILES string of the molecule is CC(C)(C)C[C@]12CN(Cc3ccccc3)[C@H](c3ccccc3)[C@H]1COC2=O. The van der Waals surface area contributed by atoms with Crippen molar-refractivity contribution in [1.82, 2.24) is 4.90 Å². The van der Waals surface area contributed by atoms with Crippen LogP contribution in [0.5, 0.6) is 0 Å². The van der Waals surface area contributed by atoms with E-state index >= 15 is 0 Å². The Morgan fingerprint density at radius 2 is 1.67 bits per heavy atom. The molecule has 0 unspecified atom stereocenters. The van der Waals surface area contributed by atoms with Crippen molar-refractivity contribution in [3.05, 3.63) is 71.8 Å². The summed E-state index contributed by atoms with van der Waals surface area (Å²) < 4.78 is 5.65. The van der Waals surface area contributed by atoms with Crippen molar-refractivity contribution in [3.63, 3.8) is 0 Å². The molecule has 0 N–H and O–H groups in total. The number of nitrogens with zero attached hydrogens (tertiary/aromatic N) is 1. The van der Waals surface area contributed by atoms with Crippen LogP contribution in [0.2, 0.25) is 0 Å². The van der Waals surface area contributed by atoms with Crippen LogP contribution in [0.1, 0.15) is 44.4 Å². The van der Waals surface area contributed by atoms with Crippen molar-refractivity contribution >= 4 is 5.97 Å². The minimum absolute atomic E-state index is 0.00100. The lowest BCUT2D eigenvalue weighted by atomic mass is 9.67. The fourth-order valence-electron chi connectivity index (χ4n) is 5.18. The van der Waals surface area contributed by atoms with Crippen molar-refractivity contribution in [3.8, 4) is 0 Å². The average Bonchev–Trinajstić information content (AvgIpc) is 3.08. The monoisotopic (exact) mass is 363 g/mol. The van der Waals surface area contributed by atoms with Gasteiger partial charge in [-0.2, -0.15) is 0 Å². The lowest BCUT2D eigenvalue weighted by Gasteiger charge is -2.32. The van der Waals surface area contributed by atoms with Gasteiger partial charge in [0.25, 0.3) is 0 Å². The highest BCUT2D eigenvalue weighted by Gasteiger charge is 2.62. The minimum atomic E-state index is -0.409. The largest absolute Gasteiger partial charge is 0.465 e. The molecule has 0 amide bonds. The number of hydrogen-bond donors (Lipinski definition) is 0. The van der Waals surface area contributed by atoms with Crippen LogP contribution in [0.25, 0.3) is 0 Å². The first-order valence-corrected chi connectivity index (χ1v) is 9.89. The van der Waals surface area contributed by atoms with E-state index in [4.69, 9.17) is 4.74 Å². The lowest BCUT2D eigenvalue weighted by Crippen LogP contribution is -2.38. The van der Waals surface area contributed by atoms with E-state index in [0.717, 1.165) is 19.5 Å². The topological polar surface area (TPSA) is 29.5 Å². The van der Waals surface area contributed by atoms with Crippen molar-refractivity contribution in [2.75, 3.05) is 13.2 Å². The van der Waals surface area contributed by atoms with Crippen molar-refractivity contribution in [2.45, 2.75) is 39.8 Å². The summed E-state index contributed by atoms with van der Waals surface area (Å²) in [5, 5.41) is 0. The maximum atomic E-state index is 13.0. The van der Waals surface area contributed by atoms with Gasteiger partial charge < -0.3 is 4.74 Å². The Labute approximate surface area is 162 Å². The van der Waals surface area contributed by atoms with Crippen LogP contribution < -0.4 is 0 Å². The van der Waals surface area contributed by atoms with Crippen LogP contribution in [0.15, 0.2) is 60.7 Å². The van der Waals surface area contributed by atoms with Gasteiger partial charge in [-0.1, -0.05) is 81.4 Å². The number of benzene rings is 2. The Balaban J connectivity index is 1.74. The summed E-state index contributed by atoms with van der Waals surface area (Å²) in [7, 11) is 0. The van der Waals surface area contributed by atoms with Crippen LogP contribution in [-0.2, 0) is 16.1 Å². The maximum absolute atomic E-state index is 13.0. The number of esters is 1. The third-order valence-electron chi connectivity index (χ3n) is 5.99. The van der Waals surface area contributed by atoms with Crippen molar-refractivity contribution in [1.29, 1.82) is 0 Å². The van der Waals surface area contributed by atoms with Crippen molar-refractivity contribution < 1.29 is 9.53 Å². The van der Waals surface area contributed by atoms with Gasteiger partial charge in [-0.15, -0.1) is 0 Å². The van der Waals surface area contributed by atoms with Gasteiger partial charge in [-0.3, -0.25) is 9.69 Å². The Bertz CT molecular complexity index is 796. The molecule has 2 aliphatic rings. The third-order valence-corrected chi connectivity index (χ3v) is 5.99. The Kier molecular flexibility index (Phi) is 4.59. The zero-order valence-electron chi connectivity index (χ0n) is 16.5. The number of hydrogen-bond acceptors (Lipinski definition) is 3. The Hall–Kier alpha value is -2.13. The van der Waals surface area contributed by atoms with Gasteiger partial charge in [-0.05, 0) is 23.0 Å². The molecule has 4 rings (SSSR count). The molecule has 2 aliphatic heterocycles. The van der Waals surface area contributed by atoms with Gasteiger partial charge in [0.15, 0.2) is 0 Å². The first-order chi connectivity index (χ1) is 12.9. The molecule has 142 valence electrons. The molecular weight excluding hydrogens is 334 g/mol. The highest BCUT2D eigenvalue weighted by molar-refractivity contribution is 5.80. The van der Waals surface area contributed by atoms with Gasteiger partial charge in [-0.25, -0.2) is 0 Å². The maximum Gasteiger partial charge on any atom is 0.313 e. The smallest absolute Gasteiger partial charge is 0.313 e. The minimum Gasteiger partial charge on any atom is -0.465 e. The number of likely N-dealkylation sites (tertiary alicyclic amines) is 1. The fourth-order valence-corrected chi connectivity index (χ4v) is 5.18. The summed E-state index contributed by atoms with van der Waals surface area (Å²) in [6, 6.07) is 21.4. The Morgan fingerprint density at radius 1 is 1.04 bits per heavy atom. The molecule has 0 radical (unpaired) electrons. The number of carbonyl (C=O) groups is 1. The van der Waals surface area contributed by atoms with Crippen LogP contribution in [0, 0.1) is 16.7 Å². The zero-order chi connectivity index (χ0) is 19.1. The fraction of sp³-hybridized carbons (Fsp3) is 0.458. The molecule has 0 spiro atoms. The van der Waals surface area contributed by atoms with E-state index in [1.54, 1.807) is 0 Å². The summed E-state index contributed by atoms with van der Waals surface area (Å²) in [6.07, 6.45) is 0.859. The number of fused-ring (bicyclic) bond motifs is 1. The highest BCUT2D eigenvalue weighted by atomic mass is 16.5. The zero-order valence-corrected chi connectivity index (χ0v) is 16.5. The van der Waals surface area contributed by atoms with Gasteiger partial charge in [0, 0.05) is 25.0 Å². The van der Waals surface area contributed by atoms with Gasteiger partial charge in [0.2, 0.25) is 0 Å². The third kappa shape index (κ3) is 3.41. The summed E-state index contributed by atoms with van der Waals surface area (Å²) in [5.41, 5.74) is 2.24. The molecule has 3 heteroatoms. The second-order valence-corrected chi connectivity index (χ2v) is 9.34. The van der Waals surface area contributed by atoms with Crippen LogP contribution in [-0.4, -0.2) is 24.0 Å². The molecule has 2 aromatic rings. The number of ether oxygens (including phenoxy) is 1. The Morgan fingerprint density at radius 3 is 2.30 bits per heavy atom. The molecule has 2 saturated heterocycles. The van der Waals surface area contributed by atoms with Gasteiger partial charge >= 0.3 is 5.97 Å². The second-order valence-electron chi connectivity index (χ2n) is 9.34. The van der Waals surface area contributed by atoms with Crippen LogP contribution in [0.3, 0.4) is 0 Å². The van der Waals surface area contributed by atoms with E-state index in [9.17, 15) is 4.79 Å². The van der Waals surface area contributed by atoms with E-state index in [0.29, 0.717) is 6.61 Å². The van der Waals surface area contributed by atoms with E-state index in [-0.39, 0.29) is 23.3 Å². The predicted octanol–water partition coefficient (Wildman–Crippen LogP) is 4.84. The first-order valence-electron chi connectivity index (χ1n) is 9.89. The lowest BCUT2D eigenvalue weighted by molar-refractivity contribution is -0.148.